The maximum atomic E-state index is 4.05. The average molecular weight is 221 g/mol. The lowest BCUT2D eigenvalue weighted by atomic mass is 9.78. The van der Waals surface area contributed by atoms with Gasteiger partial charge in [0.1, 0.15) is 0 Å². The Labute approximate surface area is 98.0 Å². The fourth-order valence-corrected chi connectivity index (χ4v) is 2.66. The molecule has 0 aliphatic heterocycles. The summed E-state index contributed by atoms with van der Waals surface area (Å²) in [5.41, 5.74) is 2.48. The number of aromatic amines is 1. The second kappa shape index (κ2) is 5.00. The monoisotopic (exact) mass is 221 g/mol. The largest absolute Gasteiger partial charge is 0.310 e. The smallest absolute Gasteiger partial charge is 0.0535 e. The molecular formula is C13H23N3. The molecule has 0 amide bonds. The predicted octanol–water partition coefficient (Wildman–Crippen LogP) is 2.63. The van der Waals surface area contributed by atoms with Gasteiger partial charge in [-0.1, -0.05) is 26.7 Å². The van der Waals surface area contributed by atoms with E-state index in [2.05, 4.69) is 36.3 Å². The topological polar surface area (TPSA) is 40.7 Å². The number of aromatic nitrogens is 2. The Morgan fingerprint density at radius 2 is 2.25 bits per heavy atom. The third-order valence-electron chi connectivity index (χ3n) is 4.20. The highest BCUT2D eigenvalue weighted by atomic mass is 15.1. The van der Waals surface area contributed by atoms with Crippen LogP contribution in [0.15, 0.2) is 6.20 Å². The summed E-state index contributed by atoms with van der Waals surface area (Å²) < 4.78 is 0. The van der Waals surface area contributed by atoms with Gasteiger partial charge in [-0.3, -0.25) is 5.10 Å². The molecule has 0 bridgehead atoms. The fourth-order valence-electron chi connectivity index (χ4n) is 2.66. The molecule has 1 aliphatic carbocycles. The maximum Gasteiger partial charge on any atom is 0.0535 e. The fraction of sp³-hybridized carbons (Fsp3) is 0.769. The van der Waals surface area contributed by atoms with Crippen LogP contribution in [0.1, 0.15) is 44.4 Å². The van der Waals surface area contributed by atoms with Gasteiger partial charge in [0.05, 0.1) is 6.20 Å². The Kier molecular flexibility index (Phi) is 3.64. The molecule has 2 rings (SSSR count). The van der Waals surface area contributed by atoms with Gasteiger partial charge in [0, 0.05) is 23.8 Å². The first-order chi connectivity index (χ1) is 7.68. The van der Waals surface area contributed by atoms with Gasteiger partial charge >= 0.3 is 0 Å². The molecule has 3 nitrogen and oxygen atoms in total. The van der Waals surface area contributed by atoms with Gasteiger partial charge in [-0.15, -0.1) is 0 Å². The van der Waals surface area contributed by atoms with Gasteiger partial charge in [0.25, 0.3) is 0 Å². The molecule has 0 saturated heterocycles. The molecule has 16 heavy (non-hydrogen) atoms. The summed E-state index contributed by atoms with van der Waals surface area (Å²) in [6, 6.07) is 0.679. The van der Waals surface area contributed by atoms with Crippen molar-refractivity contribution < 1.29 is 0 Å². The maximum absolute atomic E-state index is 4.05. The van der Waals surface area contributed by atoms with Crippen molar-refractivity contribution >= 4 is 0 Å². The van der Waals surface area contributed by atoms with Crippen LogP contribution in [0.2, 0.25) is 0 Å². The van der Waals surface area contributed by atoms with E-state index in [0.717, 1.165) is 18.4 Å². The molecule has 3 heteroatoms. The summed E-state index contributed by atoms with van der Waals surface area (Å²) in [6.45, 7) is 7.78. The van der Waals surface area contributed by atoms with Gasteiger partial charge in [-0.05, 0) is 25.2 Å². The normalized spacial score (nSPS) is 30.6. The summed E-state index contributed by atoms with van der Waals surface area (Å²) >= 11 is 0. The van der Waals surface area contributed by atoms with Crippen LogP contribution < -0.4 is 5.32 Å². The standard InChI is InChI=1S/C13H23N3/c1-9-5-4-6-13(10(9)2)14-7-12-8-15-16-11(12)3/h8-10,13-14H,4-7H2,1-3H3,(H,15,16)/t9-,10-,13+/m0/s1. The quantitative estimate of drug-likeness (QED) is 0.823. The van der Waals surface area contributed by atoms with Gasteiger partial charge in [-0.25, -0.2) is 0 Å². The van der Waals surface area contributed by atoms with Crippen molar-refractivity contribution in [3.63, 3.8) is 0 Å². The lowest BCUT2D eigenvalue weighted by molar-refractivity contribution is 0.206. The van der Waals surface area contributed by atoms with Crippen molar-refractivity contribution in [3.8, 4) is 0 Å². The zero-order valence-electron chi connectivity index (χ0n) is 10.6. The average Bonchev–Trinajstić information content (AvgIpc) is 2.67. The van der Waals surface area contributed by atoms with Crippen molar-refractivity contribution in [1.29, 1.82) is 0 Å². The number of nitrogens with one attached hydrogen (secondary N) is 2. The number of H-pyrrole nitrogens is 1. The zero-order chi connectivity index (χ0) is 11.5. The second-order valence-corrected chi connectivity index (χ2v) is 5.27. The second-order valence-electron chi connectivity index (χ2n) is 5.27. The van der Waals surface area contributed by atoms with E-state index in [1.807, 2.05) is 6.20 Å². The van der Waals surface area contributed by atoms with E-state index in [0.29, 0.717) is 6.04 Å². The summed E-state index contributed by atoms with van der Waals surface area (Å²) in [5.74, 6) is 1.65. The van der Waals surface area contributed by atoms with E-state index >= 15 is 0 Å². The van der Waals surface area contributed by atoms with E-state index < -0.39 is 0 Å². The molecule has 90 valence electrons. The highest BCUT2D eigenvalue weighted by molar-refractivity contribution is 5.14. The third kappa shape index (κ3) is 2.46. The van der Waals surface area contributed by atoms with Crippen LogP contribution >= 0.6 is 0 Å². The minimum Gasteiger partial charge on any atom is -0.310 e. The summed E-state index contributed by atoms with van der Waals surface area (Å²) in [6.07, 6.45) is 6.01. The lowest BCUT2D eigenvalue weighted by Gasteiger charge is -2.34. The SMILES string of the molecule is Cc1[nH]ncc1CN[C@@H]1CCC[C@H](C)[C@@H]1C. The van der Waals surface area contributed by atoms with Gasteiger partial charge in [0.15, 0.2) is 0 Å². The van der Waals surface area contributed by atoms with Crippen molar-refractivity contribution in [1.82, 2.24) is 15.5 Å². The predicted molar refractivity (Wildman–Crippen MR) is 66.1 cm³/mol. The molecule has 1 fully saturated rings. The van der Waals surface area contributed by atoms with Crippen LogP contribution in [-0.2, 0) is 6.54 Å². The van der Waals surface area contributed by atoms with E-state index in [1.54, 1.807) is 0 Å². The molecule has 2 N–H and O–H groups in total. The Morgan fingerprint density at radius 1 is 1.44 bits per heavy atom. The van der Waals surface area contributed by atoms with E-state index in [4.69, 9.17) is 0 Å². The van der Waals surface area contributed by atoms with Crippen LogP contribution in [0.25, 0.3) is 0 Å². The van der Waals surface area contributed by atoms with Crippen molar-refractivity contribution in [3.05, 3.63) is 17.5 Å². The first-order valence-electron chi connectivity index (χ1n) is 6.40. The Hall–Kier alpha value is -0.830. The van der Waals surface area contributed by atoms with E-state index in [1.165, 1.54) is 30.5 Å². The molecule has 0 spiro atoms. The Morgan fingerprint density at radius 3 is 2.94 bits per heavy atom. The van der Waals surface area contributed by atoms with Crippen LogP contribution in [-0.4, -0.2) is 16.2 Å². The molecule has 1 aliphatic rings. The van der Waals surface area contributed by atoms with Crippen molar-refractivity contribution in [2.24, 2.45) is 11.8 Å². The van der Waals surface area contributed by atoms with Crippen LogP contribution in [0.3, 0.4) is 0 Å². The van der Waals surface area contributed by atoms with Crippen LogP contribution in [0.4, 0.5) is 0 Å². The third-order valence-corrected chi connectivity index (χ3v) is 4.20. The minimum atomic E-state index is 0.679. The summed E-state index contributed by atoms with van der Waals surface area (Å²) in [5, 5.41) is 10.7. The molecule has 1 saturated carbocycles. The zero-order valence-corrected chi connectivity index (χ0v) is 10.6. The van der Waals surface area contributed by atoms with Crippen molar-refractivity contribution in [2.75, 3.05) is 0 Å². The number of rotatable bonds is 3. The summed E-state index contributed by atoms with van der Waals surface area (Å²) in [7, 11) is 0. The Balaban J connectivity index is 1.88. The molecule has 1 aromatic heterocycles. The number of nitrogens with zero attached hydrogens (tertiary/aromatic N) is 1. The molecule has 1 aromatic rings. The molecular weight excluding hydrogens is 198 g/mol. The van der Waals surface area contributed by atoms with Gasteiger partial charge in [-0.2, -0.15) is 5.10 Å². The molecule has 0 unspecified atom stereocenters. The molecule has 0 radical (unpaired) electrons. The highest BCUT2D eigenvalue weighted by Gasteiger charge is 2.26. The van der Waals surface area contributed by atoms with Gasteiger partial charge in [0.2, 0.25) is 0 Å². The van der Waals surface area contributed by atoms with Crippen LogP contribution in [0, 0.1) is 18.8 Å². The minimum absolute atomic E-state index is 0.679. The van der Waals surface area contributed by atoms with E-state index in [-0.39, 0.29) is 0 Å². The molecule has 1 heterocycles. The highest BCUT2D eigenvalue weighted by Crippen LogP contribution is 2.29. The first kappa shape index (κ1) is 11.6. The first-order valence-corrected chi connectivity index (χ1v) is 6.40. The lowest BCUT2D eigenvalue weighted by Crippen LogP contribution is -2.40. The number of hydrogen-bond acceptors (Lipinski definition) is 2. The summed E-state index contributed by atoms with van der Waals surface area (Å²) in [4.78, 5) is 0. The molecule has 3 atom stereocenters. The number of aryl methyl sites for hydroxylation is 1. The van der Waals surface area contributed by atoms with Crippen molar-refractivity contribution in [2.45, 2.75) is 52.6 Å². The van der Waals surface area contributed by atoms with E-state index in [9.17, 15) is 0 Å². The number of hydrogen-bond donors (Lipinski definition) is 2. The Bertz CT molecular complexity index is 332. The van der Waals surface area contributed by atoms with Gasteiger partial charge < -0.3 is 5.32 Å². The molecule has 0 aromatic carbocycles. The van der Waals surface area contributed by atoms with Crippen LogP contribution in [0.5, 0.6) is 0 Å².